The van der Waals surface area contributed by atoms with Crippen LogP contribution in [0, 0.1) is 0 Å². The van der Waals surface area contributed by atoms with E-state index in [0.29, 0.717) is 26.0 Å². The van der Waals surface area contributed by atoms with E-state index in [0.717, 1.165) is 35.6 Å². The van der Waals surface area contributed by atoms with Gasteiger partial charge in [0.05, 0.1) is 19.8 Å². The van der Waals surface area contributed by atoms with Crippen LogP contribution in [0.2, 0.25) is 0 Å². The van der Waals surface area contributed by atoms with Crippen molar-refractivity contribution in [3.8, 4) is 0 Å². The molecule has 0 saturated heterocycles. The van der Waals surface area contributed by atoms with Crippen molar-refractivity contribution in [2.24, 2.45) is 0 Å². The molecule has 3 aromatic rings. The van der Waals surface area contributed by atoms with Gasteiger partial charge >= 0.3 is 0 Å². The van der Waals surface area contributed by atoms with E-state index in [1.807, 2.05) is 72.8 Å². The zero-order valence-corrected chi connectivity index (χ0v) is 25.3. The maximum Gasteiger partial charge on any atom is 0.245 e. The van der Waals surface area contributed by atoms with Crippen molar-refractivity contribution in [3.63, 3.8) is 0 Å². The molecule has 0 aromatic heterocycles. The van der Waals surface area contributed by atoms with Crippen molar-refractivity contribution >= 4 is 34.4 Å². The number of fused-ring (bicyclic) bond motifs is 1. The molecule has 0 aliphatic carbocycles. The molecule has 1 unspecified atom stereocenters. The number of rotatable bonds is 16. The third-order valence-corrected chi connectivity index (χ3v) is 6.29. The van der Waals surface area contributed by atoms with Crippen LogP contribution in [-0.4, -0.2) is 56.5 Å². The molecule has 3 rings (SSSR count). The van der Waals surface area contributed by atoms with Crippen LogP contribution in [0.3, 0.4) is 0 Å². The molecule has 10 heteroatoms. The van der Waals surface area contributed by atoms with Gasteiger partial charge < -0.3 is 20.7 Å². The summed E-state index contributed by atoms with van der Waals surface area (Å²) >= 11 is 0. The molecule has 0 spiro atoms. The monoisotopic (exact) mass is 592 g/mol. The third kappa shape index (κ3) is 14.4. The highest BCUT2D eigenvalue weighted by Crippen LogP contribution is 2.18. The van der Waals surface area contributed by atoms with Gasteiger partial charge in [0.25, 0.3) is 0 Å². The van der Waals surface area contributed by atoms with E-state index in [2.05, 4.69) is 28.4 Å². The van der Waals surface area contributed by atoms with E-state index < -0.39 is 11.9 Å². The van der Waals surface area contributed by atoms with Crippen molar-refractivity contribution in [3.05, 3.63) is 83.9 Å². The van der Waals surface area contributed by atoms with Crippen molar-refractivity contribution in [1.29, 1.82) is 0 Å². The summed E-state index contributed by atoms with van der Waals surface area (Å²) in [6.45, 7) is 4.26. The molecule has 0 fully saturated rings. The predicted molar refractivity (Wildman–Crippen MR) is 167 cm³/mol. The van der Waals surface area contributed by atoms with Crippen LogP contribution in [0.5, 0.6) is 0 Å². The van der Waals surface area contributed by atoms with Crippen LogP contribution in [0.4, 0.5) is 0 Å². The quantitative estimate of drug-likeness (QED) is 0.148. The van der Waals surface area contributed by atoms with Crippen molar-refractivity contribution < 1.29 is 28.8 Å². The summed E-state index contributed by atoms with van der Waals surface area (Å²) in [5.74, 6) is -1.14. The normalized spacial score (nSPS) is 11.0. The van der Waals surface area contributed by atoms with E-state index in [4.69, 9.17) is 9.57 Å². The average Bonchev–Trinajstić information content (AvgIpc) is 3.01. The van der Waals surface area contributed by atoms with Crippen LogP contribution >= 0.6 is 0 Å². The molecule has 0 bridgehead atoms. The Bertz CT molecular complexity index is 1280. The highest BCUT2D eigenvalue weighted by atomic mass is 16.6. The number of unbranched alkanes of at least 4 members (excludes halogenated alkanes) is 1. The Morgan fingerprint density at radius 3 is 2.28 bits per heavy atom. The number of hydroxylamine groups is 1. The average molecular weight is 593 g/mol. The fourth-order valence-electron chi connectivity index (χ4n) is 4.08. The first-order valence-electron chi connectivity index (χ1n) is 14.6. The van der Waals surface area contributed by atoms with Gasteiger partial charge in [-0.2, -0.15) is 0 Å². The smallest absolute Gasteiger partial charge is 0.245 e. The minimum atomic E-state index is -0.859. The molecule has 4 amide bonds. The van der Waals surface area contributed by atoms with Crippen LogP contribution in [0.15, 0.2) is 72.8 Å². The first kappa shape index (κ1) is 34.9. The number of nitrogens with one attached hydrogen (secondary N) is 4. The zero-order chi connectivity index (χ0) is 31.3. The Balaban J connectivity index is 0.000000621. The molecular formula is C33H44N4O6. The van der Waals surface area contributed by atoms with Crippen LogP contribution in [0.1, 0.15) is 50.7 Å². The Labute approximate surface area is 253 Å². The van der Waals surface area contributed by atoms with Gasteiger partial charge in [0.2, 0.25) is 23.6 Å². The number of benzene rings is 3. The molecule has 4 N–H and O–H groups in total. The summed E-state index contributed by atoms with van der Waals surface area (Å²) in [4.78, 5) is 52.0. The molecule has 3 aromatic carbocycles. The van der Waals surface area contributed by atoms with Crippen molar-refractivity contribution in [2.45, 2.75) is 58.5 Å². The van der Waals surface area contributed by atoms with E-state index in [1.165, 1.54) is 19.6 Å². The largest absolute Gasteiger partial charge is 0.382 e. The SMILES string of the molecule is CCCCONC(C)=O.COCC(NC(=O)CNC(=O)CCCc1ccccc1)C(=O)NCc1cccc2ccccc12. The van der Waals surface area contributed by atoms with Crippen LogP contribution in [-0.2, 0) is 41.7 Å². The second-order valence-corrected chi connectivity index (χ2v) is 9.91. The lowest BCUT2D eigenvalue weighted by Gasteiger charge is -2.18. The maximum absolute atomic E-state index is 12.7. The lowest BCUT2D eigenvalue weighted by atomic mass is 10.0. The molecule has 0 aliphatic heterocycles. The minimum absolute atomic E-state index is 0.0259. The summed E-state index contributed by atoms with van der Waals surface area (Å²) in [7, 11) is 1.46. The molecule has 1 atom stereocenters. The van der Waals surface area contributed by atoms with Gasteiger partial charge in [-0.15, -0.1) is 0 Å². The Kier molecular flexibility index (Phi) is 16.7. The van der Waals surface area contributed by atoms with Crippen molar-refractivity contribution in [1.82, 2.24) is 21.4 Å². The van der Waals surface area contributed by atoms with Crippen molar-refractivity contribution in [2.75, 3.05) is 26.9 Å². The Morgan fingerprint density at radius 2 is 1.56 bits per heavy atom. The second kappa shape index (κ2) is 20.6. The van der Waals surface area contributed by atoms with Gasteiger partial charge in [-0.3, -0.25) is 24.0 Å². The molecule has 0 saturated carbocycles. The molecule has 0 heterocycles. The zero-order valence-electron chi connectivity index (χ0n) is 25.3. The molecule has 0 aliphatic rings. The van der Waals surface area contributed by atoms with Crippen LogP contribution < -0.4 is 21.4 Å². The Hall–Kier alpha value is -4.28. The number of ether oxygens (including phenoxy) is 1. The second-order valence-electron chi connectivity index (χ2n) is 9.91. The molecule has 10 nitrogen and oxygen atoms in total. The third-order valence-electron chi connectivity index (χ3n) is 6.29. The Morgan fingerprint density at radius 1 is 0.837 bits per heavy atom. The lowest BCUT2D eigenvalue weighted by molar-refractivity contribution is -0.131. The van der Waals surface area contributed by atoms with E-state index in [-0.39, 0.29) is 30.9 Å². The molecule has 0 radical (unpaired) electrons. The summed E-state index contributed by atoms with van der Waals surface area (Å²) in [5, 5.41) is 10.3. The number of carbonyl (C=O) groups excluding carboxylic acids is 4. The van der Waals surface area contributed by atoms with Gasteiger partial charge in [-0.25, -0.2) is 5.48 Å². The molecule has 43 heavy (non-hydrogen) atoms. The number of methoxy groups -OCH3 is 1. The summed E-state index contributed by atoms with van der Waals surface area (Å²) in [6.07, 6.45) is 3.89. The van der Waals surface area contributed by atoms with E-state index >= 15 is 0 Å². The summed E-state index contributed by atoms with van der Waals surface area (Å²) in [6, 6.07) is 22.9. The molecule has 232 valence electrons. The number of hydrogen-bond acceptors (Lipinski definition) is 6. The van der Waals surface area contributed by atoms with Gasteiger partial charge in [0.1, 0.15) is 6.04 Å². The highest BCUT2D eigenvalue weighted by Gasteiger charge is 2.21. The first-order chi connectivity index (χ1) is 20.8. The lowest BCUT2D eigenvalue weighted by Crippen LogP contribution is -2.51. The number of amides is 4. The topological polar surface area (TPSA) is 135 Å². The van der Waals surface area contributed by atoms with Gasteiger partial charge in [0.15, 0.2) is 0 Å². The van der Waals surface area contributed by atoms with E-state index in [9.17, 15) is 19.2 Å². The van der Waals surface area contributed by atoms with Gasteiger partial charge in [-0.1, -0.05) is 86.1 Å². The van der Waals surface area contributed by atoms with Crippen LogP contribution in [0.25, 0.3) is 10.8 Å². The minimum Gasteiger partial charge on any atom is -0.382 e. The first-order valence-corrected chi connectivity index (χ1v) is 14.6. The van der Waals surface area contributed by atoms with Gasteiger partial charge in [-0.05, 0) is 41.2 Å². The number of carbonyl (C=O) groups is 4. The molecular weight excluding hydrogens is 548 g/mol. The maximum atomic E-state index is 12.7. The fourth-order valence-corrected chi connectivity index (χ4v) is 4.08. The predicted octanol–water partition coefficient (Wildman–Crippen LogP) is 3.58. The van der Waals surface area contributed by atoms with Gasteiger partial charge in [0, 0.05) is 27.0 Å². The summed E-state index contributed by atoms with van der Waals surface area (Å²) < 4.78 is 5.11. The van der Waals surface area contributed by atoms with E-state index in [1.54, 1.807) is 0 Å². The highest BCUT2D eigenvalue weighted by molar-refractivity contribution is 5.91. The summed E-state index contributed by atoms with van der Waals surface area (Å²) in [5.41, 5.74) is 4.40. The fraction of sp³-hybridized carbons (Fsp3) is 0.394. The number of hydrogen-bond donors (Lipinski definition) is 4. The number of aryl methyl sites for hydroxylation is 1. The standard InChI is InChI=1S/C27H31N3O4.C6H13NO2/c1-34-19-24(27(33)29-17-22-14-8-13-21-12-5-6-15-23(21)22)30-26(32)18-28-25(31)16-7-11-20-9-3-2-4-10-20;1-3-4-5-9-7-6(2)8/h2-6,8-10,12-15,24H,7,11,16-19H2,1H3,(H,28,31)(H,29,33)(H,30,32);3-5H2,1-2H3,(H,7,8).